The van der Waals surface area contributed by atoms with Crippen LogP contribution in [-0.4, -0.2) is 38.5 Å². The van der Waals surface area contributed by atoms with Gasteiger partial charge in [0.25, 0.3) is 5.91 Å². The van der Waals surface area contributed by atoms with Crippen LogP contribution in [0, 0.1) is 0 Å². The highest BCUT2D eigenvalue weighted by Gasteiger charge is 2.23. The Balaban J connectivity index is 1.24. The molecule has 2 heterocycles. The Morgan fingerprint density at radius 2 is 1.88 bits per heavy atom. The Kier molecular flexibility index (Phi) is 8.10. The van der Waals surface area contributed by atoms with Crippen molar-refractivity contribution >= 4 is 40.6 Å². The van der Waals surface area contributed by atoms with Gasteiger partial charge in [-0.3, -0.25) is 9.59 Å². The van der Waals surface area contributed by atoms with Crippen LogP contribution in [0.4, 0.5) is 5.69 Å². The van der Waals surface area contributed by atoms with E-state index < -0.39 is 12.0 Å². The molecule has 0 saturated heterocycles. The number of carbonyl (C=O) groups is 3. The van der Waals surface area contributed by atoms with Crippen molar-refractivity contribution in [1.82, 2.24) is 14.9 Å². The minimum absolute atomic E-state index is 0.0929. The predicted molar refractivity (Wildman–Crippen MR) is 153 cm³/mol. The molecular weight excluding hydrogens is 508 g/mol. The number of aromatic nitrogens is 2. The van der Waals surface area contributed by atoms with Crippen molar-refractivity contribution in [2.75, 3.05) is 5.32 Å². The topological polar surface area (TPSA) is 126 Å². The van der Waals surface area contributed by atoms with E-state index in [1.165, 1.54) is 25.3 Å². The van der Waals surface area contributed by atoms with Gasteiger partial charge in [-0.15, -0.1) is 0 Å². The van der Waals surface area contributed by atoms with Gasteiger partial charge in [0.05, 0.1) is 22.9 Å². The van der Waals surface area contributed by atoms with Crippen molar-refractivity contribution in [2.45, 2.75) is 57.5 Å². The molecule has 2 aromatic carbocycles. The van der Waals surface area contributed by atoms with E-state index in [9.17, 15) is 14.4 Å². The molecule has 0 spiro atoms. The van der Waals surface area contributed by atoms with Gasteiger partial charge in [-0.25, -0.2) is 9.78 Å². The molecule has 40 heavy (non-hydrogen) atoms. The second-order valence-electron chi connectivity index (χ2n) is 10.2. The summed E-state index contributed by atoms with van der Waals surface area (Å²) in [6.07, 6.45) is 11.8. The number of benzene rings is 2. The summed E-state index contributed by atoms with van der Waals surface area (Å²) in [7, 11) is 0. The molecule has 2 aromatic heterocycles. The summed E-state index contributed by atoms with van der Waals surface area (Å²) in [6.45, 7) is 1.78. The van der Waals surface area contributed by atoms with Crippen molar-refractivity contribution in [3.63, 3.8) is 0 Å². The highest BCUT2D eigenvalue weighted by atomic mass is 16.4. The highest BCUT2D eigenvalue weighted by molar-refractivity contribution is 5.98. The molecule has 5 rings (SSSR count). The molecule has 1 aliphatic rings. The van der Waals surface area contributed by atoms with Crippen molar-refractivity contribution in [3.05, 3.63) is 78.3 Å². The van der Waals surface area contributed by atoms with E-state index in [0.29, 0.717) is 22.9 Å². The van der Waals surface area contributed by atoms with Crippen LogP contribution in [0.3, 0.4) is 0 Å². The van der Waals surface area contributed by atoms with Crippen molar-refractivity contribution in [3.8, 4) is 11.4 Å². The van der Waals surface area contributed by atoms with Gasteiger partial charge in [0.15, 0.2) is 0 Å². The van der Waals surface area contributed by atoms with E-state index in [1.807, 2.05) is 18.2 Å². The van der Waals surface area contributed by atoms with Gasteiger partial charge in [-0.05, 0) is 67.8 Å². The maximum Gasteiger partial charge on any atom is 0.328 e. The lowest BCUT2D eigenvalue weighted by Crippen LogP contribution is -2.35. The number of anilines is 1. The number of amides is 2. The lowest BCUT2D eigenvalue weighted by molar-refractivity contribution is -0.131. The SMILES string of the molecule is CC(CC(=O)Nc1ccc(/C=C/C(=O)O)cc1)NC(=O)c1ccc2c(c1)nc(-c1ccoc1)n2C1CCCCC1. The van der Waals surface area contributed by atoms with E-state index in [1.54, 1.807) is 49.8 Å². The van der Waals surface area contributed by atoms with Gasteiger partial charge in [0.2, 0.25) is 5.91 Å². The molecule has 1 saturated carbocycles. The summed E-state index contributed by atoms with van der Waals surface area (Å²) in [6, 6.07) is 14.3. The monoisotopic (exact) mass is 540 g/mol. The third-order valence-electron chi connectivity index (χ3n) is 7.15. The normalized spacial score (nSPS) is 14.8. The van der Waals surface area contributed by atoms with E-state index in [-0.39, 0.29) is 18.2 Å². The standard InChI is InChI=1S/C31H32N4O5/c1-20(17-28(36)33-24-11-7-21(8-12-24)9-14-29(37)38)32-31(39)22-10-13-27-26(18-22)34-30(23-15-16-40-19-23)35(27)25-5-3-2-4-6-25/h7-16,18-20,25H,2-6,17H2,1H3,(H,32,39)(H,33,36)(H,37,38)/b14-9+. The minimum atomic E-state index is -1.03. The van der Waals surface area contributed by atoms with Crippen LogP contribution in [0.5, 0.6) is 0 Å². The molecule has 2 amide bonds. The van der Waals surface area contributed by atoms with Crippen LogP contribution in [-0.2, 0) is 9.59 Å². The summed E-state index contributed by atoms with van der Waals surface area (Å²) in [5, 5.41) is 14.4. The number of rotatable bonds is 9. The second kappa shape index (κ2) is 12.0. The molecule has 0 aliphatic heterocycles. The predicted octanol–water partition coefficient (Wildman–Crippen LogP) is 6.05. The quantitative estimate of drug-likeness (QED) is 0.222. The van der Waals surface area contributed by atoms with Gasteiger partial charge in [-0.2, -0.15) is 0 Å². The first-order valence-electron chi connectivity index (χ1n) is 13.5. The summed E-state index contributed by atoms with van der Waals surface area (Å²) in [4.78, 5) is 41.2. The van der Waals surface area contributed by atoms with Crippen LogP contribution in [0.2, 0.25) is 0 Å². The number of carboxylic acids is 1. The Morgan fingerprint density at radius 1 is 1.10 bits per heavy atom. The number of nitrogens with zero attached hydrogens (tertiary/aromatic N) is 2. The maximum atomic E-state index is 13.1. The summed E-state index contributed by atoms with van der Waals surface area (Å²) >= 11 is 0. The molecule has 206 valence electrons. The van der Waals surface area contributed by atoms with Crippen molar-refractivity contribution in [1.29, 1.82) is 0 Å². The van der Waals surface area contributed by atoms with Crippen LogP contribution in [0.25, 0.3) is 28.5 Å². The number of carbonyl (C=O) groups excluding carboxylic acids is 2. The van der Waals surface area contributed by atoms with Crippen LogP contribution < -0.4 is 10.6 Å². The fourth-order valence-corrected chi connectivity index (χ4v) is 5.24. The lowest BCUT2D eigenvalue weighted by atomic mass is 9.95. The van der Waals surface area contributed by atoms with E-state index >= 15 is 0 Å². The number of carboxylic acid groups (broad SMARTS) is 1. The lowest BCUT2D eigenvalue weighted by Gasteiger charge is -2.25. The fourth-order valence-electron chi connectivity index (χ4n) is 5.24. The first-order chi connectivity index (χ1) is 19.4. The average Bonchev–Trinajstić information content (AvgIpc) is 3.60. The number of hydrogen-bond acceptors (Lipinski definition) is 5. The Morgan fingerprint density at radius 3 is 2.58 bits per heavy atom. The zero-order valence-electron chi connectivity index (χ0n) is 22.3. The van der Waals surface area contributed by atoms with Gasteiger partial charge < -0.3 is 24.7 Å². The number of hydrogen-bond donors (Lipinski definition) is 3. The Labute approximate surface area is 231 Å². The van der Waals surface area contributed by atoms with Crippen molar-refractivity contribution in [2.24, 2.45) is 0 Å². The number of furan rings is 1. The molecule has 1 aliphatic carbocycles. The summed E-state index contributed by atoms with van der Waals surface area (Å²) in [5.74, 6) is -0.687. The average molecular weight is 541 g/mol. The first-order valence-corrected chi connectivity index (χ1v) is 13.5. The molecule has 9 nitrogen and oxygen atoms in total. The molecule has 3 N–H and O–H groups in total. The van der Waals surface area contributed by atoms with Crippen LogP contribution in [0.1, 0.15) is 67.4 Å². The summed E-state index contributed by atoms with van der Waals surface area (Å²) in [5.41, 5.74) is 4.44. The van der Waals surface area contributed by atoms with Crippen LogP contribution >= 0.6 is 0 Å². The molecule has 1 unspecified atom stereocenters. The zero-order chi connectivity index (χ0) is 28.1. The Bertz CT molecular complexity index is 1530. The number of nitrogens with one attached hydrogen (secondary N) is 2. The number of imidazole rings is 1. The third-order valence-corrected chi connectivity index (χ3v) is 7.15. The maximum absolute atomic E-state index is 13.1. The first kappa shape index (κ1) is 26.9. The smallest absolute Gasteiger partial charge is 0.328 e. The van der Waals surface area contributed by atoms with E-state index in [4.69, 9.17) is 14.5 Å². The molecule has 1 atom stereocenters. The van der Waals surface area contributed by atoms with Crippen molar-refractivity contribution < 1.29 is 23.9 Å². The molecule has 4 aromatic rings. The Hall–Kier alpha value is -4.66. The van der Waals surface area contributed by atoms with Gasteiger partial charge in [0.1, 0.15) is 12.1 Å². The number of aliphatic carboxylic acids is 1. The van der Waals surface area contributed by atoms with Gasteiger partial charge in [-0.1, -0.05) is 31.4 Å². The van der Waals surface area contributed by atoms with E-state index in [2.05, 4.69) is 15.2 Å². The number of fused-ring (bicyclic) bond motifs is 1. The van der Waals surface area contributed by atoms with Crippen LogP contribution in [0.15, 0.2) is 71.6 Å². The van der Waals surface area contributed by atoms with E-state index in [0.717, 1.165) is 41.3 Å². The van der Waals surface area contributed by atoms with Gasteiger partial charge in [0, 0.05) is 35.8 Å². The molecule has 0 radical (unpaired) electrons. The molecule has 9 heteroatoms. The summed E-state index contributed by atoms with van der Waals surface area (Å²) < 4.78 is 7.63. The molecular formula is C31H32N4O5. The molecule has 1 fully saturated rings. The highest BCUT2D eigenvalue weighted by Crippen LogP contribution is 2.36. The van der Waals surface area contributed by atoms with Gasteiger partial charge >= 0.3 is 5.97 Å². The largest absolute Gasteiger partial charge is 0.478 e. The zero-order valence-corrected chi connectivity index (χ0v) is 22.3. The third kappa shape index (κ3) is 6.31. The second-order valence-corrected chi connectivity index (χ2v) is 10.2. The molecule has 0 bridgehead atoms. The fraction of sp³-hybridized carbons (Fsp3) is 0.290. The minimum Gasteiger partial charge on any atom is -0.478 e.